The number of benzene rings is 2. The Morgan fingerprint density at radius 3 is 0.892 bits per heavy atom. The molecule has 0 aliphatic carbocycles. The molecule has 2 nitrogen and oxygen atoms in total. The summed E-state index contributed by atoms with van der Waals surface area (Å²) in [4.78, 5) is 0. The van der Waals surface area contributed by atoms with E-state index in [0.717, 1.165) is 0 Å². The fourth-order valence-corrected chi connectivity index (χ4v) is 3.33. The molecule has 0 saturated carbocycles. The molecule has 0 saturated heterocycles. The molecular weight excluding hydrogens is 564 g/mol. The van der Waals surface area contributed by atoms with Gasteiger partial charge in [-0.2, -0.15) is 70.2 Å². The number of hydrogen-bond donors (Lipinski definition) is 2. The molecule has 2 rings (SSSR count). The predicted octanol–water partition coefficient (Wildman–Crippen LogP) is 7.82. The van der Waals surface area contributed by atoms with E-state index in [4.69, 9.17) is 0 Å². The maximum absolute atomic E-state index is 14.1. The monoisotopic (exact) mass is 572 g/mol. The Morgan fingerprint density at radius 2 is 0.676 bits per heavy atom. The Balaban J connectivity index is 3.11. The van der Waals surface area contributed by atoms with Crippen LogP contribution in [0.15, 0.2) is 36.4 Å². The van der Waals surface area contributed by atoms with Crippen molar-refractivity contribution in [1.29, 1.82) is 0 Å². The third-order valence-electron chi connectivity index (χ3n) is 5.10. The molecule has 0 heterocycles. The van der Waals surface area contributed by atoms with Gasteiger partial charge in [0.15, 0.2) is 0 Å². The molecule has 208 valence electrons. The van der Waals surface area contributed by atoms with Crippen LogP contribution in [0.2, 0.25) is 0 Å². The molecular formula is C19H8F16O2. The minimum absolute atomic E-state index is 0.414. The summed E-state index contributed by atoms with van der Waals surface area (Å²) < 4.78 is 216. The fraction of sp³-hybridized carbons (Fsp3) is 0.368. The lowest BCUT2D eigenvalue weighted by atomic mass is 9.71. The molecule has 0 radical (unpaired) electrons. The van der Waals surface area contributed by atoms with E-state index in [1.54, 1.807) is 0 Å². The van der Waals surface area contributed by atoms with E-state index in [9.17, 15) is 80.5 Å². The number of aromatic hydroxyl groups is 2. The van der Waals surface area contributed by atoms with Gasteiger partial charge in [-0.25, -0.2) is 0 Å². The second-order valence-electron chi connectivity index (χ2n) is 7.35. The van der Waals surface area contributed by atoms with Crippen LogP contribution in [0, 0.1) is 0 Å². The van der Waals surface area contributed by atoms with Crippen molar-refractivity contribution in [2.24, 2.45) is 0 Å². The molecule has 0 fully saturated rings. The molecule has 2 aromatic carbocycles. The maximum Gasteiger partial charge on any atom is 0.458 e. The molecule has 0 atom stereocenters. The number of hydrogen-bond acceptors (Lipinski definition) is 2. The van der Waals surface area contributed by atoms with Crippen molar-refractivity contribution in [1.82, 2.24) is 0 Å². The number of halogens is 16. The summed E-state index contributed by atoms with van der Waals surface area (Å²) in [6.07, 6.45) is -27.0. The summed E-state index contributed by atoms with van der Waals surface area (Å²) in [6, 6.07) is -3.80. The minimum Gasteiger partial charge on any atom is -0.507 e. The van der Waals surface area contributed by atoms with E-state index in [-0.39, 0.29) is 0 Å². The number of phenols is 2. The van der Waals surface area contributed by atoms with Crippen LogP contribution in [-0.4, -0.2) is 34.9 Å². The smallest absolute Gasteiger partial charge is 0.458 e. The van der Waals surface area contributed by atoms with Crippen LogP contribution in [-0.2, 0) is 17.3 Å². The maximum atomic E-state index is 14.1. The van der Waals surface area contributed by atoms with Gasteiger partial charge in [0.2, 0.25) is 5.41 Å². The van der Waals surface area contributed by atoms with Crippen molar-refractivity contribution in [3.05, 3.63) is 58.7 Å². The zero-order chi connectivity index (χ0) is 29.2. The van der Waals surface area contributed by atoms with E-state index >= 15 is 0 Å². The molecule has 0 aliphatic heterocycles. The zero-order valence-electron chi connectivity index (χ0n) is 16.9. The normalized spacial score (nSPS) is 14.7. The first-order valence-electron chi connectivity index (χ1n) is 8.95. The van der Waals surface area contributed by atoms with Gasteiger partial charge in [-0.15, -0.1) is 0 Å². The lowest BCUT2D eigenvalue weighted by Crippen LogP contribution is -2.55. The van der Waals surface area contributed by atoms with Gasteiger partial charge in [0.25, 0.3) is 0 Å². The third kappa shape index (κ3) is 4.58. The van der Waals surface area contributed by atoms with E-state index in [2.05, 4.69) is 0 Å². The molecule has 0 unspecified atom stereocenters. The predicted molar refractivity (Wildman–Crippen MR) is 89.0 cm³/mol. The zero-order valence-corrected chi connectivity index (χ0v) is 16.9. The highest BCUT2D eigenvalue weighted by Crippen LogP contribution is 2.59. The highest BCUT2D eigenvalue weighted by atomic mass is 19.4. The van der Waals surface area contributed by atoms with Gasteiger partial charge in [-0.1, -0.05) is 12.1 Å². The molecule has 2 aromatic rings. The van der Waals surface area contributed by atoms with E-state index in [1.807, 2.05) is 0 Å². The first-order valence-corrected chi connectivity index (χ1v) is 8.95. The van der Waals surface area contributed by atoms with Crippen molar-refractivity contribution >= 4 is 0 Å². The van der Waals surface area contributed by atoms with Gasteiger partial charge in [0.1, 0.15) is 11.5 Å². The van der Waals surface area contributed by atoms with Crippen molar-refractivity contribution < 1.29 is 80.5 Å². The van der Waals surface area contributed by atoms with Gasteiger partial charge in [0.05, 0.1) is 11.1 Å². The van der Waals surface area contributed by atoms with Gasteiger partial charge in [-0.05, 0) is 35.4 Å². The molecule has 37 heavy (non-hydrogen) atoms. The Morgan fingerprint density at radius 1 is 0.405 bits per heavy atom. The second-order valence-corrected chi connectivity index (χ2v) is 7.35. The second kappa shape index (κ2) is 8.47. The van der Waals surface area contributed by atoms with Crippen LogP contribution >= 0.6 is 0 Å². The average molecular weight is 572 g/mol. The largest absolute Gasteiger partial charge is 0.507 e. The van der Waals surface area contributed by atoms with E-state index < -0.39 is 112 Å². The van der Waals surface area contributed by atoms with Gasteiger partial charge >= 0.3 is 36.6 Å². The molecule has 0 spiro atoms. The Kier molecular flexibility index (Phi) is 6.90. The lowest BCUT2D eigenvalue weighted by Gasteiger charge is -2.39. The summed E-state index contributed by atoms with van der Waals surface area (Å²) in [6.45, 7) is 0. The van der Waals surface area contributed by atoms with E-state index in [0.29, 0.717) is 0 Å². The lowest BCUT2D eigenvalue weighted by molar-refractivity contribution is -0.292. The summed E-state index contributed by atoms with van der Waals surface area (Å²) in [5, 5.41) is 18.7. The van der Waals surface area contributed by atoms with Gasteiger partial charge < -0.3 is 10.2 Å². The summed E-state index contributed by atoms with van der Waals surface area (Å²) in [7, 11) is 0. The minimum atomic E-state index is -6.85. The Hall–Kier alpha value is -3.08. The molecule has 0 aromatic heterocycles. The van der Waals surface area contributed by atoms with Crippen LogP contribution in [0.5, 0.6) is 11.5 Å². The highest BCUT2D eigenvalue weighted by Gasteiger charge is 2.73. The number of rotatable bonds is 4. The van der Waals surface area contributed by atoms with Crippen LogP contribution in [0.4, 0.5) is 70.2 Å². The average Bonchev–Trinajstić information content (AvgIpc) is 2.66. The number of phenolic OH excluding ortho intramolecular Hbond substituents is 2. The summed E-state index contributed by atoms with van der Waals surface area (Å²) in [5.74, 6) is -16.8. The molecule has 2 N–H and O–H groups in total. The first kappa shape index (κ1) is 30.1. The standard InChI is InChI=1S/C19H8F16O2/c20-14(21,18(30,31)32)9-5-7(1-3-11(9)36)13(16(24,25)26,17(27,28)29)8-2-4-12(37)10(6-8)15(22,23)19(33,34)35/h1-6,36-37H. The van der Waals surface area contributed by atoms with Gasteiger partial charge in [0, 0.05) is 0 Å². The van der Waals surface area contributed by atoms with Crippen LogP contribution in [0.1, 0.15) is 22.3 Å². The third-order valence-corrected chi connectivity index (χ3v) is 5.10. The number of alkyl halides is 16. The quantitative estimate of drug-likeness (QED) is 0.367. The SMILES string of the molecule is Oc1ccc(C(c2ccc(O)c(C(F)(F)C(F)(F)F)c2)(C(F)(F)F)C(F)(F)F)cc1C(F)(F)C(F)(F)F. The van der Waals surface area contributed by atoms with Crippen molar-refractivity contribution in [3.8, 4) is 11.5 Å². The van der Waals surface area contributed by atoms with Crippen molar-refractivity contribution in [3.63, 3.8) is 0 Å². The van der Waals surface area contributed by atoms with Crippen LogP contribution in [0.3, 0.4) is 0 Å². The van der Waals surface area contributed by atoms with E-state index in [1.165, 1.54) is 0 Å². The first-order chi connectivity index (χ1) is 16.2. The fourth-order valence-electron chi connectivity index (χ4n) is 3.33. The molecule has 0 amide bonds. The topological polar surface area (TPSA) is 40.5 Å². The summed E-state index contributed by atoms with van der Waals surface area (Å²) >= 11 is 0. The molecule has 18 heteroatoms. The highest BCUT2D eigenvalue weighted by molar-refractivity contribution is 5.52. The Bertz CT molecular complexity index is 1060. The van der Waals surface area contributed by atoms with Crippen molar-refractivity contribution in [2.45, 2.75) is 42.0 Å². The van der Waals surface area contributed by atoms with Crippen molar-refractivity contribution in [2.75, 3.05) is 0 Å². The van der Waals surface area contributed by atoms with Crippen LogP contribution < -0.4 is 0 Å². The molecule has 0 aliphatic rings. The van der Waals surface area contributed by atoms with Crippen LogP contribution in [0.25, 0.3) is 0 Å². The Labute approximate surface area is 193 Å². The molecule has 0 bridgehead atoms. The van der Waals surface area contributed by atoms with Gasteiger partial charge in [-0.3, -0.25) is 0 Å². The summed E-state index contributed by atoms with van der Waals surface area (Å²) in [5.41, 5.74) is -16.5.